The molecule has 0 bridgehead atoms. The molecule has 0 radical (unpaired) electrons. The molecular weight excluding hydrogens is 286 g/mol. The summed E-state index contributed by atoms with van der Waals surface area (Å²) in [6.45, 7) is 4.28. The summed E-state index contributed by atoms with van der Waals surface area (Å²) in [5, 5.41) is 9.98. The number of aryl methyl sites for hydroxylation is 2. The van der Waals surface area contributed by atoms with Crippen LogP contribution in [0, 0.1) is 13.8 Å². The third-order valence-electron chi connectivity index (χ3n) is 2.60. The smallest absolute Gasteiger partial charge is 0.335 e. The maximum absolute atomic E-state index is 10.8. The zero-order chi connectivity index (χ0) is 14.0. The van der Waals surface area contributed by atoms with E-state index in [1.807, 2.05) is 13.8 Å². The van der Waals surface area contributed by atoms with Crippen molar-refractivity contribution in [1.29, 1.82) is 0 Å². The minimum absolute atomic E-state index is 0.137. The SMILES string of the molecule is Cc1nc(COc2ccc(C(=O)O)cc2Cl)sc1C. The van der Waals surface area contributed by atoms with Gasteiger partial charge in [-0.1, -0.05) is 11.6 Å². The summed E-state index contributed by atoms with van der Waals surface area (Å²) in [5.41, 5.74) is 1.13. The lowest BCUT2D eigenvalue weighted by Gasteiger charge is -2.06. The Labute approximate surface area is 119 Å². The second kappa shape index (κ2) is 5.59. The van der Waals surface area contributed by atoms with Crippen LogP contribution in [0.3, 0.4) is 0 Å². The van der Waals surface area contributed by atoms with Crippen molar-refractivity contribution in [3.8, 4) is 5.75 Å². The van der Waals surface area contributed by atoms with Crippen molar-refractivity contribution in [3.63, 3.8) is 0 Å². The van der Waals surface area contributed by atoms with Gasteiger partial charge in [0.1, 0.15) is 17.4 Å². The van der Waals surface area contributed by atoms with E-state index in [0.29, 0.717) is 12.4 Å². The molecule has 0 saturated heterocycles. The monoisotopic (exact) mass is 297 g/mol. The maximum Gasteiger partial charge on any atom is 0.335 e. The molecule has 0 aliphatic rings. The van der Waals surface area contributed by atoms with Crippen LogP contribution in [-0.4, -0.2) is 16.1 Å². The molecule has 0 unspecified atom stereocenters. The minimum Gasteiger partial charge on any atom is -0.485 e. The van der Waals surface area contributed by atoms with Gasteiger partial charge in [0.2, 0.25) is 0 Å². The molecule has 6 heteroatoms. The lowest BCUT2D eigenvalue weighted by atomic mass is 10.2. The average Bonchev–Trinajstić information content (AvgIpc) is 2.67. The van der Waals surface area contributed by atoms with Crippen LogP contribution in [0.4, 0.5) is 0 Å². The molecule has 0 aliphatic carbocycles. The van der Waals surface area contributed by atoms with E-state index in [2.05, 4.69) is 4.98 Å². The molecule has 2 rings (SSSR count). The van der Waals surface area contributed by atoms with Crippen molar-refractivity contribution in [1.82, 2.24) is 4.98 Å². The molecule has 19 heavy (non-hydrogen) atoms. The fourth-order valence-corrected chi connectivity index (χ4v) is 2.57. The number of hydrogen-bond donors (Lipinski definition) is 1. The van der Waals surface area contributed by atoms with Gasteiger partial charge in [0, 0.05) is 4.88 Å². The second-order valence-corrected chi connectivity index (χ2v) is 5.68. The van der Waals surface area contributed by atoms with Gasteiger partial charge in [-0.2, -0.15) is 0 Å². The average molecular weight is 298 g/mol. The van der Waals surface area contributed by atoms with E-state index >= 15 is 0 Å². The first-order valence-corrected chi connectivity index (χ1v) is 6.75. The molecular formula is C13H12ClNO3S. The maximum atomic E-state index is 10.8. The molecule has 1 heterocycles. The van der Waals surface area contributed by atoms with E-state index in [-0.39, 0.29) is 10.6 Å². The van der Waals surface area contributed by atoms with E-state index in [9.17, 15) is 4.79 Å². The summed E-state index contributed by atoms with van der Waals surface area (Å²) in [4.78, 5) is 16.3. The molecule has 0 saturated carbocycles. The van der Waals surface area contributed by atoms with Crippen molar-refractivity contribution >= 4 is 28.9 Å². The second-order valence-electron chi connectivity index (χ2n) is 3.99. The number of rotatable bonds is 4. The third-order valence-corrected chi connectivity index (χ3v) is 3.94. The van der Waals surface area contributed by atoms with Gasteiger partial charge in [-0.15, -0.1) is 11.3 Å². The van der Waals surface area contributed by atoms with Crippen molar-refractivity contribution in [2.75, 3.05) is 0 Å². The number of benzene rings is 1. The Morgan fingerprint density at radius 1 is 1.47 bits per heavy atom. The van der Waals surface area contributed by atoms with Crippen LogP contribution >= 0.6 is 22.9 Å². The first-order valence-electron chi connectivity index (χ1n) is 5.56. The molecule has 0 spiro atoms. The zero-order valence-corrected chi connectivity index (χ0v) is 12.0. The highest BCUT2D eigenvalue weighted by Crippen LogP contribution is 2.27. The first kappa shape index (κ1) is 13.8. The highest BCUT2D eigenvalue weighted by molar-refractivity contribution is 7.11. The van der Waals surface area contributed by atoms with E-state index in [4.69, 9.17) is 21.4 Å². The molecule has 0 amide bonds. The van der Waals surface area contributed by atoms with Crippen LogP contribution in [-0.2, 0) is 6.61 Å². The zero-order valence-electron chi connectivity index (χ0n) is 10.4. The Hall–Kier alpha value is -1.59. The predicted octanol–water partition coefficient (Wildman–Crippen LogP) is 3.69. The van der Waals surface area contributed by atoms with Crippen LogP contribution < -0.4 is 4.74 Å². The highest BCUT2D eigenvalue weighted by Gasteiger charge is 2.09. The summed E-state index contributed by atoms with van der Waals surface area (Å²) in [6, 6.07) is 4.39. The standard InChI is InChI=1S/C13H12ClNO3S/c1-7-8(2)19-12(15-7)6-18-11-4-3-9(13(16)17)5-10(11)14/h3-5H,6H2,1-2H3,(H,16,17). The van der Waals surface area contributed by atoms with Gasteiger partial charge in [-0.05, 0) is 32.0 Å². The largest absolute Gasteiger partial charge is 0.485 e. The molecule has 0 aliphatic heterocycles. The summed E-state index contributed by atoms with van der Waals surface area (Å²) in [6.07, 6.45) is 0. The van der Waals surface area contributed by atoms with Crippen molar-refractivity contribution in [3.05, 3.63) is 44.4 Å². The van der Waals surface area contributed by atoms with Gasteiger partial charge in [0.25, 0.3) is 0 Å². The van der Waals surface area contributed by atoms with Gasteiger partial charge in [0.15, 0.2) is 0 Å². The summed E-state index contributed by atoms with van der Waals surface area (Å²) >= 11 is 7.55. The van der Waals surface area contributed by atoms with Gasteiger partial charge in [0.05, 0.1) is 16.3 Å². The van der Waals surface area contributed by atoms with Crippen LogP contribution in [0.2, 0.25) is 5.02 Å². The molecule has 1 N–H and O–H groups in total. The van der Waals surface area contributed by atoms with Crippen LogP contribution in [0.15, 0.2) is 18.2 Å². The fourth-order valence-electron chi connectivity index (χ4n) is 1.49. The first-order chi connectivity index (χ1) is 8.97. The molecule has 100 valence electrons. The number of halogens is 1. The minimum atomic E-state index is -1.01. The highest BCUT2D eigenvalue weighted by atomic mass is 35.5. The van der Waals surface area contributed by atoms with Crippen molar-refractivity contribution in [2.45, 2.75) is 20.5 Å². The topological polar surface area (TPSA) is 59.4 Å². The molecule has 0 fully saturated rings. The number of hydrogen-bond acceptors (Lipinski definition) is 4. The number of carboxylic acids is 1. The fraction of sp³-hybridized carbons (Fsp3) is 0.231. The number of ether oxygens (including phenoxy) is 1. The number of thiazole rings is 1. The summed E-state index contributed by atoms with van der Waals surface area (Å²) < 4.78 is 5.55. The normalized spacial score (nSPS) is 10.5. The number of nitrogens with zero attached hydrogens (tertiary/aromatic N) is 1. The van der Waals surface area contributed by atoms with Crippen LogP contribution in [0.5, 0.6) is 5.75 Å². The lowest BCUT2D eigenvalue weighted by molar-refractivity contribution is 0.0697. The van der Waals surface area contributed by atoms with E-state index in [0.717, 1.165) is 15.6 Å². The van der Waals surface area contributed by atoms with Crippen LogP contribution in [0.25, 0.3) is 0 Å². The number of aromatic nitrogens is 1. The molecule has 1 aromatic heterocycles. The molecule has 0 atom stereocenters. The van der Waals surface area contributed by atoms with Gasteiger partial charge < -0.3 is 9.84 Å². The molecule has 1 aromatic carbocycles. The summed E-state index contributed by atoms with van der Waals surface area (Å²) in [5.74, 6) is -0.559. The van der Waals surface area contributed by atoms with Gasteiger partial charge >= 0.3 is 5.97 Å². The van der Waals surface area contributed by atoms with Gasteiger partial charge in [-0.3, -0.25) is 0 Å². The predicted molar refractivity (Wildman–Crippen MR) is 74.3 cm³/mol. The Bertz CT molecular complexity index is 605. The Morgan fingerprint density at radius 3 is 2.74 bits per heavy atom. The third kappa shape index (κ3) is 3.24. The Kier molecular flexibility index (Phi) is 4.07. The van der Waals surface area contributed by atoms with Crippen molar-refractivity contribution in [2.24, 2.45) is 0 Å². The number of carbonyl (C=O) groups is 1. The molecule has 4 nitrogen and oxygen atoms in total. The van der Waals surface area contributed by atoms with E-state index in [1.54, 1.807) is 17.4 Å². The van der Waals surface area contributed by atoms with E-state index in [1.165, 1.54) is 12.1 Å². The Balaban J connectivity index is 2.09. The Morgan fingerprint density at radius 2 is 2.21 bits per heavy atom. The lowest BCUT2D eigenvalue weighted by Crippen LogP contribution is -1.99. The van der Waals surface area contributed by atoms with E-state index < -0.39 is 5.97 Å². The van der Waals surface area contributed by atoms with Gasteiger partial charge in [-0.25, -0.2) is 9.78 Å². The number of aromatic carboxylic acids is 1. The van der Waals surface area contributed by atoms with Crippen LogP contribution in [0.1, 0.15) is 25.9 Å². The van der Waals surface area contributed by atoms with Crippen molar-refractivity contribution < 1.29 is 14.6 Å². The number of carboxylic acid groups (broad SMARTS) is 1. The quantitative estimate of drug-likeness (QED) is 0.935. The molecule has 2 aromatic rings. The summed E-state index contributed by atoms with van der Waals surface area (Å²) in [7, 11) is 0.